The molecule has 1 heterocycles. The van der Waals surface area contributed by atoms with E-state index in [2.05, 4.69) is 34.4 Å². The second-order valence-electron chi connectivity index (χ2n) is 5.31. The molecule has 1 aromatic heterocycles. The van der Waals surface area contributed by atoms with Gasteiger partial charge in [0, 0.05) is 25.7 Å². The van der Waals surface area contributed by atoms with Gasteiger partial charge in [-0.2, -0.15) is 0 Å². The highest BCUT2D eigenvalue weighted by Gasteiger charge is 2.14. The topological polar surface area (TPSA) is 57.3 Å². The van der Waals surface area contributed by atoms with E-state index >= 15 is 0 Å². The zero-order chi connectivity index (χ0) is 15.8. The standard InChI is InChI=1S/C15H25FN4O/c1-5-6-17-14-13(9-12(16)10-19-14)15(21)18-7-8-20(4)11(2)3/h9-11H,5-8H2,1-4H3,(H,17,19)(H,18,21). The minimum Gasteiger partial charge on any atom is -0.369 e. The Bertz CT molecular complexity index is 465. The quantitative estimate of drug-likeness (QED) is 0.771. The van der Waals surface area contributed by atoms with Crippen molar-refractivity contribution in [3.63, 3.8) is 0 Å². The van der Waals surface area contributed by atoms with Crippen LogP contribution in [0.25, 0.3) is 0 Å². The summed E-state index contributed by atoms with van der Waals surface area (Å²) in [7, 11) is 1.99. The Balaban J connectivity index is 2.65. The number of aromatic nitrogens is 1. The van der Waals surface area contributed by atoms with E-state index in [0.717, 1.165) is 19.2 Å². The van der Waals surface area contributed by atoms with Crippen molar-refractivity contribution in [3.8, 4) is 0 Å². The summed E-state index contributed by atoms with van der Waals surface area (Å²) in [6.07, 6.45) is 2.01. The number of halogens is 1. The number of carbonyl (C=O) groups is 1. The summed E-state index contributed by atoms with van der Waals surface area (Å²) in [6.45, 7) is 8.13. The van der Waals surface area contributed by atoms with Crippen LogP contribution in [0.2, 0.25) is 0 Å². The van der Waals surface area contributed by atoms with Gasteiger partial charge in [-0.15, -0.1) is 0 Å². The first kappa shape index (κ1) is 17.4. The molecular weight excluding hydrogens is 271 g/mol. The number of amides is 1. The number of anilines is 1. The van der Waals surface area contributed by atoms with Crippen LogP contribution in [-0.2, 0) is 0 Å². The van der Waals surface area contributed by atoms with Crippen LogP contribution in [0.3, 0.4) is 0 Å². The van der Waals surface area contributed by atoms with Crippen LogP contribution in [0.15, 0.2) is 12.3 Å². The van der Waals surface area contributed by atoms with Crippen LogP contribution in [-0.4, -0.2) is 48.5 Å². The minimum atomic E-state index is -0.513. The molecular formula is C15H25FN4O. The van der Waals surface area contributed by atoms with Gasteiger partial charge in [0.05, 0.1) is 11.8 Å². The van der Waals surface area contributed by atoms with Gasteiger partial charge in [-0.25, -0.2) is 9.37 Å². The molecule has 0 aromatic carbocycles. The van der Waals surface area contributed by atoms with E-state index in [0.29, 0.717) is 24.9 Å². The fourth-order valence-electron chi connectivity index (χ4n) is 1.70. The Morgan fingerprint density at radius 1 is 1.43 bits per heavy atom. The van der Waals surface area contributed by atoms with Gasteiger partial charge in [-0.05, 0) is 33.4 Å². The monoisotopic (exact) mass is 296 g/mol. The summed E-state index contributed by atoms with van der Waals surface area (Å²) in [5.41, 5.74) is 0.246. The lowest BCUT2D eigenvalue weighted by Crippen LogP contribution is -2.36. The smallest absolute Gasteiger partial charge is 0.255 e. The normalized spacial score (nSPS) is 11.0. The minimum absolute atomic E-state index is 0.246. The summed E-state index contributed by atoms with van der Waals surface area (Å²) in [5, 5.41) is 5.84. The molecule has 0 aliphatic carbocycles. The summed E-state index contributed by atoms with van der Waals surface area (Å²) < 4.78 is 13.3. The Morgan fingerprint density at radius 2 is 2.14 bits per heavy atom. The van der Waals surface area contributed by atoms with E-state index in [-0.39, 0.29) is 11.5 Å². The zero-order valence-corrected chi connectivity index (χ0v) is 13.2. The number of rotatable bonds is 8. The van der Waals surface area contributed by atoms with Crippen molar-refractivity contribution in [2.24, 2.45) is 0 Å². The number of carbonyl (C=O) groups excluding carboxylic acids is 1. The SMILES string of the molecule is CCCNc1ncc(F)cc1C(=O)NCCN(C)C(C)C. The van der Waals surface area contributed by atoms with Crippen molar-refractivity contribution >= 4 is 11.7 Å². The first-order valence-corrected chi connectivity index (χ1v) is 7.33. The van der Waals surface area contributed by atoms with Gasteiger partial charge in [0.1, 0.15) is 11.6 Å². The van der Waals surface area contributed by atoms with Gasteiger partial charge < -0.3 is 15.5 Å². The highest BCUT2D eigenvalue weighted by atomic mass is 19.1. The Labute approximate surface area is 125 Å². The van der Waals surface area contributed by atoms with Crippen LogP contribution in [0, 0.1) is 5.82 Å². The molecule has 0 fully saturated rings. The van der Waals surface area contributed by atoms with E-state index < -0.39 is 5.82 Å². The lowest BCUT2D eigenvalue weighted by Gasteiger charge is -2.21. The molecule has 0 radical (unpaired) electrons. The number of hydrogen-bond acceptors (Lipinski definition) is 4. The summed E-state index contributed by atoms with van der Waals surface area (Å²) in [4.78, 5) is 18.2. The molecule has 6 heteroatoms. The van der Waals surface area contributed by atoms with Gasteiger partial charge in [-0.3, -0.25) is 4.79 Å². The zero-order valence-electron chi connectivity index (χ0n) is 13.2. The Kier molecular flexibility index (Phi) is 7.08. The van der Waals surface area contributed by atoms with Gasteiger partial charge >= 0.3 is 0 Å². The fourth-order valence-corrected chi connectivity index (χ4v) is 1.70. The van der Waals surface area contributed by atoms with E-state index in [1.165, 1.54) is 6.07 Å². The molecule has 0 atom stereocenters. The maximum Gasteiger partial charge on any atom is 0.255 e. The molecule has 1 amide bonds. The molecule has 0 spiro atoms. The fraction of sp³-hybridized carbons (Fsp3) is 0.600. The van der Waals surface area contributed by atoms with Gasteiger partial charge in [0.2, 0.25) is 0 Å². The summed E-state index contributed by atoms with van der Waals surface area (Å²) >= 11 is 0. The molecule has 0 aliphatic rings. The molecule has 0 unspecified atom stereocenters. The maximum absolute atomic E-state index is 13.3. The number of hydrogen-bond donors (Lipinski definition) is 2. The van der Waals surface area contributed by atoms with Crippen LogP contribution in [0.5, 0.6) is 0 Å². The van der Waals surface area contributed by atoms with Crippen molar-refractivity contribution in [3.05, 3.63) is 23.6 Å². The van der Waals surface area contributed by atoms with E-state index in [1.807, 2.05) is 14.0 Å². The second kappa shape index (κ2) is 8.56. The highest BCUT2D eigenvalue weighted by molar-refractivity contribution is 5.98. The van der Waals surface area contributed by atoms with Crippen molar-refractivity contribution < 1.29 is 9.18 Å². The first-order valence-electron chi connectivity index (χ1n) is 7.33. The molecule has 0 aliphatic heterocycles. The maximum atomic E-state index is 13.3. The van der Waals surface area contributed by atoms with Gasteiger partial charge in [-0.1, -0.05) is 6.92 Å². The molecule has 0 saturated heterocycles. The van der Waals surface area contributed by atoms with Crippen molar-refractivity contribution in [1.82, 2.24) is 15.2 Å². The molecule has 0 saturated carbocycles. The van der Waals surface area contributed by atoms with Crippen molar-refractivity contribution in [2.45, 2.75) is 33.2 Å². The number of likely N-dealkylation sites (N-methyl/N-ethyl adjacent to an activating group) is 1. The lowest BCUT2D eigenvalue weighted by molar-refractivity contribution is 0.0948. The first-order chi connectivity index (χ1) is 9.95. The third-order valence-electron chi connectivity index (χ3n) is 3.27. The van der Waals surface area contributed by atoms with Crippen LogP contribution >= 0.6 is 0 Å². The van der Waals surface area contributed by atoms with E-state index in [9.17, 15) is 9.18 Å². The number of pyridine rings is 1. The average molecular weight is 296 g/mol. The Morgan fingerprint density at radius 3 is 2.76 bits per heavy atom. The molecule has 2 N–H and O–H groups in total. The largest absolute Gasteiger partial charge is 0.369 e. The van der Waals surface area contributed by atoms with Gasteiger partial charge in [0.15, 0.2) is 0 Å². The van der Waals surface area contributed by atoms with Crippen molar-refractivity contribution in [1.29, 1.82) is 0 Å². The Hall–Kier alpha value is -1.69. The van der Waals surface area contributed by atoms with Crippen LogP contribution in [0.1, 0.15) is 37.6 Å². The molecule has 118 valence electrons. The molecule has 5 nitrogen and oxygen atoms in total. The highest BCUT2D eigenvalue weighted by Crippen LogP contribution is 2.13. The van der Waals surface area contributed by atoms with Gasteiger partial charge in [0.25, 0.3) is 5.91 Å². The third-order valence-corrected chi connectivity index (χ3v) is 3.27. The van der Waals surface area contributed by atoms with E-state index in [4.69, 9.17) is 0 Å². The number of nitrogens with zero attached hydrogens (tertiary/aromatic N) is 2. The predicted molar refractivity (Wildman–Crippen MR) is 83.1 cm³/mol. The van der Waals surface area contributed by atoms with Crippen LogP contribution in [0.4, 0.5) is 10.2 Å². The van der Waals surface area contributed by atoms with Crippen LogP contribution < -0.4 is 10.6 Å². The lowest BCUT2D eigenvalue weighted by atomic mass is 10.2. The van der Waals surface area contributed by atoms with E-state index in [1.54, 1.807) is 0 Å². The molecule has 1 aromatic rings. The predicted octanol–water partition coefficient (Wildman–Crippen LogP) is 2.11. The molecule has 1 rings (SSSR count). The molecule has 0 bridgehead atoms. The second-order valence-corrected chi connectivity index (χ2v) is 5.31. The summed E-state index contributed by atoms with van der Waals surface area (Å²) in [6, 6.07) is 1.63. The number of nitrogens with one attached hydrogen (secondary N) is 2. The molecule has 21 heavy (non-hydrogen) atoms. The third kappa shape index (κ3) is 5.67. The van der Waals surface area contributed by atoms with Crippen molar-refractivity contribution in [2.75, 3.05) is 32.0 Å². The summed E-state index contributed by atoms with van der Waals surface area (Å²) in [5.74, 6) is -0.396. The average Bonchev–Trinajstić information content (AvgIpc) is 2.45.